The van der Waals surface area contributed by atoms with Crippen LogP contribution < -0.4 is 0 Å². The van der Waals surface area contributed by atoms with Crippen LogP contribution in [0.4, 0.5) is 0 Å². The maximum absolute atomic E-state index is 12.3. The van der Waals surface area contributed by atoms with Crippen molar-refractivity contribution in [3.63, 3.8) is 0 Å². The third-order valence-corrected chi connectivity index (χ3v) is 5.28. The normalized spacial score (nSPS) is 17.8. The minimum atomic E-state index is -3.36. The molecule has 8 nitrogen and oxygen atoms in total. The summed E-state index contributed by atoms with van der Waals surface area (Å²) in [7, 11) is -3.36. The molecule has 0 aliphatic carbocycles. The van der Waals surface area contributed by atoms with Crippen molar-refractivity contribution in [3.8, 4) is 0 Å². The Balaban J connectivity index is 1.61. The largest absolute Gasteiger partial charge is 0.467 e. The second-order valence-electron chi connectivity index (χ2n) is 5.41. The highest BCUT2D eigenvalue weighted by Gasteiger charge is 2.40. The topological polar surface area (TPSA) is 111 Å². The van der Waals surface area contributed by atoms with Crippen LogP contribution in [-0.4, -0.2) is 31.3 Å². The van der Waals surface area contributed by atoms with Gasteiger partial charge in [0.05, 0.1) is 16.9 Å². The summed E-state index contributed by atoms with van der Waals surface area (Å²) in [4.78, 5) is 41.5. The molecule has 122 valence electrons. The van der Waals surface area contributed by atoms with E-state index in [1.54, 1.807) is 12.1 Å². The Hall–Kier alpha value is -2.94. The molecule has 0 spiro atoms. The first-order valence-corrected chi connectivity index (χ1v) is 8.69. The lowest BCUT2D eigenvalue weighted by Crippen LogP contribution is -2.32. The summed E-state index contributed by atoms with van der Waals surface area (Å²) >= 11 is 0. The predicted molar refractivity (Wildman–Crippen MR) is 77.4 cm³/mol. The maximum atomic E-state index is 12.3. The van der Waals surface area contributed by atoms with E-state index in [2.05, 4.69) is 0 Å². The van der Waals surface area contributed by atoms with Crippen LogP contribution in [0, 0.1) is 0 Å². The van der Waals surface area contributed by atoms with Crippen LogP contribution in [0.2, 0.25) is 0 Å². The molecular formula is C15H9NO7S. The summed E-state index contributed by atoms with van der Waals surface area (Å²) in [6, 6.07) is 6.07. The minimum absolute atomic E-state index is 0.109. The molecule has 0 unspecified atom stereocenters. The summed E-state index contributed by atoms with van der Waals surface area (Å²) < 4.78 is 28.3. The zero-order valence-electron chi connectivity index (χ0n) is 12.0. The van der Waals surface area contributed by atoms with E-state index in [4.69, 9.17) is 9.25 Å². The zero-order valence-corrected chi connectivity index (χ0v) is 12.8. The molecule has 3 heterocycles. The van der Waals surface area contributed by atoms with Gasteiger partial charge in [0.1, 0.15) is 23.3 Å². The number of benzene rings is 1. The van der Waals surface area contributed by atoms with Crippen molar-refractivity contribution < 1.29 is 32.1 Å². The quantitative estimate of drug-likeness (QED) is 0.747. The highest BCUT2D eigenvalue weighted by atomic mass is 32.2. The maximum Gasteiger partial charge on any atom is 0.367 e. The molecule has 2 aliphatic rings. The van der Waals surface area contributed by atoms with Crippen LogP contribution in [0.5, 0.6) is 0 Å². The van der Waals surface area contributed by atoms with Gasteiger partial charge in [-0.25, -0.2) is 13.2 Å². The van der Waals surface area contributed by atoms with Crippen LogP contribution in [0.3, 0.4) is 0 Å². The van der Waals surface area contributed by atoms with E-state index < -0.39 is 27.6 Å². The summed E-state index contributed by atoms with van der Waals surface area (Å²) in [6.07, 6.45) is 1.07. The van der Waals surface area contributed by atoms with Crippen molar-refractivity contribution in [2.24, 2.45) is 0 Å². The molecule has 0 radical (unpaired) electrons. The van der Waals surface area contributed by atoms with E-state index in [0.29, 0.717) is 5.06 Å². The van der Waals surface area contributed by atoms with E-state index in [1.807, 2.05) is 0 Å². The molecule has 0 atom stereocenters. The second kappa shape index (κ2) is 4.78. The van der Waals surface area contributed by atoms with Gasteiger partial charge in [-0.1, -0.05) is 17.2 Å². The van der Waals surface area contributed by atoms with Gasteiger partial charge in [-0.15, -0.1) is 0 Å². The minimum Gasteiger partial charge on any atom is -0.467 e. The second-order valence-corrected chi connectivity index (χ2v) is 7.48. The van der Waals surface area contributed by atoms with Crippen LogP contribution in [0.25, 0.3) is 0 Å². The number of amides is 2. The Kier molecular flexibility index (Phi) is 2.91. The first kappa shape index (κ1) is 14.6. The summed E-state index contributed by atoms with van der Waals surface area (Å²) in [5, 5.41) is 0.371. The van der Waals surface area contributed by atoms with E-state index in [0.717, 1.165) is 6.26 Å². The van der Waals surface area contributed by atoms with Crippen molar-refractivity contribution in [1.82, 2.24) is 5.06 Å². The summed E-state index contributed by atoms with van der Waals surface area (Å²) in [5.41, 5.74) is 0.366. The number of carbonyl (C=O) groups is 3. The summed E-state index contributed by atoms with van der Waals surface area (Å²) in [6.45, 7) is 0. The first-order valence-electron chi connectivity index (χ1n) is 6.87. The van der Waals surface area contributed by atoms with Crippen molar-refractivity contribution in [3.05, 3.63) is 58.5 Å². The van der Waals surface area contributed by atoms with Gasteiger partial charge in [-0.2, -0.15) is 0 Å². The highest BCUT2D eigenvalue weighted by Crippen LogP contribution is 2.31. The average molecular weight is 347 g/mol. The lowest BCUT2D eigenvalue weighted by molar-refractivity contribution is -0.0585. The molecule has 0 bridgehead atoms. The standard InChI is InChI=1S/C15H9NO7S/c17-13-8-3-1-2-4-9(8)14(18)16(13)23-15(19)10-5-22-12-7-24(20,21)6-11(10)12/h1-5H,6-7H2. The van der Waals surface area contributed by atoms with Crippen molar-refractivity contribution in [1.29, 1.82) is 0 Å². The molecule has 9 heteroatoms. The molecule has 0 saturated heterocycles. The molecular weight excluding hydrogens is 338 g/mol. The van der Waals surface area contributed by atoms with Gasteiger partial charge < -0.3 is 9.25 Å². The number of furan rings is 1. The molecule has 0 fully saturated rings. The Morgan fingerprint density at radius 3 is 2.33 bits per heavy atom. The molecule has 0 N–H and O–H groups in total. The van der Waals surface area contributed by atoms with Gasteiger partial charge in [0.25, 0.3) is 11.8 Å². The van der Waals surface area contributed by atoms with Gasteiger partial charge in [0, 0.05) is 5.56 Å². The van der Waals surface area contributed by atoms with E-state index in [9.17, 15) is 22.8 Å². The number of rotatable bonds is 2. The van der Waals surface area contributed by atoms with Gasteiger partial charge in [0.2, 0.25) is 0 Å². The van der Waals surface area contributed by atoms with Crippen molar-refractivity contribution >= 4 is 27.6 Å². The van der Waals surface area contributed by atoms with Crippen molar-refractivity contribution in [2.45, 2.75) is 11.5 Å². The summed E-state index contributed by atoms with van der Waals surface area (Å²) in [5.74, 6) is -2.99. The molecule has 1 aromatic heterocycles. The molecule has 2 amide bonds. The lowest BCUT2D eigenvalue weighted by atomic mass is 10.1. The average Bonchev–Trinajstić information content (AvgIpc) is 3.12. The third-order valence-electron chi connectivity index (χ3n) is 3.85. The van der Waals surface area contributed by atoms with E-state index >= 15 is 0 Å². The number of hydrogen-bond donors (Lipinski definition) is 0. The SMILES string of the molecule is O=C(ON1C(=O)c2ccccc2C1=O)c1coc2c1CS(=O)(=O)C2. The van der Waals surface area contributed by atoms with Crippen LogP contribution in [0.1, 0.15) is 42.4 Å². The van der Waals surface area contributed by atoms with Gasteiger partial charge in [0.15, 0.2) is 9.84 Å². The van der Waals surface area contributed by atoms with E-state index in [-0.39, 0.29) is 39.5 Å². The fourth-order valence-electron chi connectivity index (χ4n) is 2.73. The fraction of sp³-hybridized carbons (Fsp3) is 0.133. The van der Waals surface area contributed by atoms with Crippen LogP contribution in [0.15, 0.2) is 34.9 Å². The van der Waals surface area contributed by atoms with Gasteiger partial charge >= 0.3 is 5.97 Å². The number of fused-ring (bicyclic) bond motifs is 2. The molecule has 2 aromatic rings. The number of sulfone groups is 1. The number of hydroxylamine groups is 2. The molecule has 4 rings (SSSR count). The fourth-order valence-corrected chi connectivity index (χ4v) is 4.23. The Morgan fingerprint density at radius 2 is 1.71 bits per heavy atom. The first-order chi connectivity index (χ1) is 11.4. The van der Waals surface area contributed by atoms with Crippen molar-refractivity contribution in [2.75, 3.05) is 0 Å². The highest BCUT2D eigenvalue weighted by molar-refractivity contribution is 7.90. The Morgan fingerprint density at radius 1 is 1.08 bits per heavy atom. The molecule has 2 aliphatic heterocycles. The van der Waals surface area contributed by atoms with E-state index in [1.165, 1.54) is 12.1 Å². The monoisotopic (exact) mass is 347 g/mol. The van der Waals surface area contributed by atoms with Crippen LogP contribution >= 0.6 is 0 Å². The Bertz CT molecular complexity index is 983. The zero-order chi connectivity index (χ0) is 17.1. The number of hydrogen-bond acceptors (Lipinski definition) is 7. The predicted octanol–water partition coefficient (Wildman–Crippen LogP) is 1.08. The molecule has 0 saturated carbocycles. The van der Waals surface area contributed by atoms with Gasteiger partial charge in [-0.3, -0.25) is 9.59 Å². The Labute approximate surface area is 135 Å². The van der Waals surface area contributed by atoms with Gasteiger partial charge in [-0.05, 0) is 12.1 Å². The number of carbonyl (C=O) groups excluding carboxylic acids is 3. The number of imide groups is 1. The molecule has 24 heavy (non-hydrogen) atoms. The number of nitrogens with zero attached hydrogens (tertiary/aromatic N) is 1. The van der Waals surface area contributed by atoms with Crippen LogP contribution in [-0.2, 0) is 26.2 Å². The lowest BCUT2D eigenvalue weighted by Gasteiger charge is -2.12. The smallest absolute Gasteiger partial charge is 0.367 e. The third kappa shape index (κ3) is 2.05. The molecule has 1 aromatic carbocycles.